The molecule has 138 valence electrons. The van der Waals surface area contributed by atoms with Gasteiger partial charge in [0.2, 0.25) is 0 Å². The van der Waals surface area contributed by atoms with Crippen molar-refractivity contribution in [1.29, 1.82) is 0 Å². The molecule has 1 aliphatic rings. The van der Waals surface area contributed by atoms with Gasteiger partial charge in [0.1, 0.15) is 17.3 Å². The van der Waals surface area contributed by atoms with Crippen LogP contribution in [0, 0.1) is 11.7 Å². The smallest absolute Gasteiger partial charge is 0.341 e. The van der Waals surface area contributed by atoms with Crippen molar-refractivity contribution in [3.63, 3.8) is 0 Å². The fourth-order valence-electron chi connectivity index (χ4n) is 3.23. The molecular formula is C20H22FNO4. The minimum Gasteiger partial charge on any atom is -0.493 e. The van der Waals surface area contributed by atoms with E-state index in [1.165, 1.54) is 12.1 Å². The number of piperidine rings is 1. The molecule has 0 amide bonds. The number of nitrogens with one attached hydrogen (secondary N) is 1. The molecule has 2 aromatic rings. The molecule has 2 atom stereocenters. The van der Waals surface area contributed by atoms with Gasteiger partial charge in [-0.1, -0.05) is 12.1 Å². The van der Waals surface area contributed by atoms with E-state index < -0.39 is 5.97 Å². The predicted octanol–water partition coefficient (Wildman–Crippen LogP) is 3.06. The molecular weight excluding hydrogens is 337 g/mol. The number of ether oxygens (including phenoxy) is 2. The van der Waals surface area contributed by atoms with E-state index in [1.54, 1.807) is 24.3 Å². The van der Waals surface area contributed by atoms with Gasteiger partial charge in [0.05, 0.1) is 6.61 Å². The summed E-state index contributed by atoms with van der Waals surface area (Å²) in [4.78, 5) is 10.5. The lowest BCUT2D eigenvalue weighted by Crippen LogP contribution is -2.38. The molecule has 1 heterocycles. The van der Waals surface area contributed by atoms with Crippen LogP contribution in [0.2, 0.25) is 0 Å². The van der Waals surface area contributed by atoms with Crippen molar-refractivity contribution in [2.24, 2.45) is 5.92 Å². The number of carboxylic acid groups (broad SMARTS) is 1. The Balaban J connectivity index is 1.58. The number of halogens is 1. The van der Waals surface area contributed by atoms with Crippen molar-refractivity contribution in [3.05, 3.63) is 59.9 Å². The Morgan fingerprint density at radius 1 is 1.08 bits per heavy atom. The molecule has 0 aromatic heterocycles. The van der Waals surface area contributed by atoms with Gasteiger partial charge in [-0.2, -0.15) is 0 Å². The number of carbonyl (C=O) groups is 1. The second-order valence-corrected chi connectivity index (χ2v) is 6.38. The molecule has 0 aliphatic carbocycles. The molecule has 0 unspecified atom stereocenters. The maximum Gasteiger partial charge on any atom is 0.341 e. The summed E-state index contributed by atoms with van der Waals surface area (Å²) in [5.41, 5.74) is 1.14. The molecule has 6 heteroatoms. The SMILES string of the molecule is O=C(O)COc1ccc(OC[C@@H]2CNCC[C@H]2c2ccc(F)cc2)cc1. The molecule has 0 spiro atoms. The zero-order chi connectivity index (χ0) is 18.4. The highest BCUT2D eigenvalue weighted by Crippen LogP contribution is 2.31. The normalized spacial score (nSPS) is 19.7. The van der Waals surface area contributed by atoms with E-state index in [2.05, 4.69) is 5.32 Å². The third kappa shape index (κ3) is 4.95. The number of aliphatic carboxylic acids is 1. The molecule has 1 saturated heterocycles. The first kappa shape index (κ1) is 18.2. The van der Waals surface area contributed by atoms with Crippen LogP contribution in [0.3, 0.4) is 0 Å². The monoisotopic (exact) mass is 359 g/mol. The van der Waals surface area contributed by atoms with Gasteiger partial charge in [-0.15, -0.1) is 0 Å². The lowest BCUT2D eigenvalue weighted by atomic mass is 9.81. The standard InChI is InChI=1S/C20H22FNO4/c21-16-3-1-14(2-4-16)19-9-10-22-11-15(19)12-25-17-5-7-18(8-6-17)26-13-20(23)24/h1-8,15,19,22H,9-13H2,(H,23,24)/t15-,19-/m0/s1. The molecule has 3 rings (SSSR count). The summed E-state index contributed by atoms with van der Waals surface area (Å²) in [5.74, 6) is 0.578. The van der Waals surface area contributed by atoms with Crippen LogP contribution in [-0.4, -0.2) is 37.4 Å². The van der Waals surface area contributed by atoms with Gasteiger partial charge in [-0.3, -0.25) is 0 Å². The molecule has 1 aliphatic heterocycles. The lowest BCUT2D eigenvalue weighted by molar-refractivity contribution is -0.139. The van der Waals surface area contributed by atoms with Crippen LogP contribution in [0.4, 0.5) is 4.39 Å². The molecule has 0 saturated carbocycles. The topological polar surface area (TPSA) is 67.8 Å². The van der Waals surface area contributed by atoms with Gasteiger partial charge in [-0.25, -0.2) is 9.18 Å². The average Bonchev–Trinajstić information content (AvgIpc) is 2.66. The van der Waals surface area contributed by atoms with Crippen molar-refractivity contribution in [3.8, 4) is 11.5 Å². The van der Waals surface area contributed by atoms with E-state index in [4.69, 9.17) is 14.6 Å². The number of rotatable bonds is 7. The van der Waals surface area contributed by atoms with E-state index in [1.807, 2.05) is 12.1 Å². The first-order chi connectivity index (χ1) is 12.6. The van der Waals surface area contributed by atoms with E-state index in [9.17, 15) is 9.18 Å². The van der Waals surface area contributed by atoms with Crippen LogP contribution in [-0.2, 0) is 4.79 Å². The Bertz CT molecular complexity index is 718. The highest BCUT2D eigenvalue weighted by atomic mass is 19.1. The Morgan fingerprint density at radius 2 is 1.73 bits per heavy atom. The summed E-state index contributed by atoms with van der Waals surface area (Å²) in [6.45, 7) is 1.97. The molecule has 0 radical (unpaired) electrons. The Hall–Kier alpha value is -2.60. The van der Waals surface area contributed by atoms with Crippen LogP contribution in [0.5, 0.6) is 11.5 Å². The quantitative estimate of drug-likeness (QED) is 0.795. The van der Waals surface area contributed by atoms with Crippen molar-refractivity contribution in [2.75, 3.05) is 26.3 Å². The zero-order valence-electron chi connectivity index (χ0n) is 14.4. The third-order valence-corrected chi connectivity index (χ3v) is 4.56. The van der Waals surface area contributed by atoms with Crippen molar-refractivity contribution >= 4 is 5.97 Å². The van der Waals surface area contributed by atoms with E-state index >= 15 is 0 Å². The fourth-order valence-corrected chi connectivity index (χ4v) is 3.23. The third-order valence-electron chi connectivity index (χ3n) is 4.56. The molecule has 2 N–H and O–H groups in total. The van der Waals surface area contributed by atoms with Crippen LogP contribution in [0.15, 0.2) is 48.5 Å². The van der Waals surface area contributed by atoms with Crippen molar-refractivity contribution in [1.82, 2.24) is 5.32 Å². The molecule has 2 aromatic carbocycles. The van der Waals surface area contributed by atoms with Gasteiger partial charge in [0.15, 0.2) is 6.61 Å². The number of hydrogen-bond acceptors (Lipinski definition) is 4. The predicted molar refractivity (Wildman–Crippen MR) is 95.2 cm³/mol. The van der Waals surface area contributed by atoms with E-state index in [0.717, 1.165) is 25.1 Å². The van der Waals surface area contributed by atoms with Gasteiger partial charge in [0.25, 0.3) is 0 Å². The number of carboxylic acids is 1. The second kappa shape index (κ2) is 8.67. The zero-order valence-corrected chi connectivity index (χ0v) is 14.4. The molecule has 5 nitrogen and oxygen atoms in total. The Labute approximate surface area is 151 Å². The van der Waals surface area contributed by atoms with E-state index in [-0.39, 0.29) is 18.3 Å². The molecule has 26 heavy (non-hydrogen) atoms. The van der Waals surface area contributed by atoms with Crippen LogP contribution >= 0.6 is 0 Å². The van der Waals surface area contributed by atoms with Gasteiger partial charge < -0.3 is 19.9 Å². The second-order valence-electron chi connectivity index (χ2n) is 6.38. The van der Waals surface area contributed by atoms with Gasteiger partial charge in [0, 0.05) is 12.5 Å². The summed E-state index contributed by atoms with van der Waals surface area (Å²) in [6.07, 6.45) is 0.988. The van der Waals surface area contributed by atoms with Crippen molar-refractivity contribution in [2.45, 2.75) is 12.3 Å². The fraction of sp³-hybridized carbons (Fsp3) is 0.350. The largest absolute Gasteiger partial charge is 0.493 e. The summed E-state index contributed by atoms with van der Waals surface area (Å²) < 4.78 is 24.2. The van der Waals surface area contributed by atoms with Crippen LogP contribution < -0.4 is 14.8 Å². The van der Waals surface area contributed by atoms with E-state index in [0.29, 0.717) is 24.0 Å². The maximum absolute atomic E-state index is 13.2. The van der Waals surface area contributed by atoms with Gasteiger partial charge >= 0.3 is 5.97 Å². The summed E-state index contributed by atoms with van der Waals surface area (Å²) >= 11 is 0. The lowest BCUT2D eigenvalue weighted by Gasteiger charge is -2.32. The minimum atomic E-state index is -1.01. The first-order valence-corrected chi connectivity index (χ1v) is 8.65. The Morgan fingerprint density at radius 3 is 2.38 bits per heavy atom. The number of hydrogen-bond donors (Lipinski definition) is 2. The number of benzene rings is 2. The first-order valence-electron chi connectivity index (χ1n) is 8.65. The maximum atomic E-state index is 13.2. The van der Waals surface area contributed by atoms with Gasteiger partial charge in [-0.05, 0) is 60.8 Å². The highest BCUT2D eigenvalue weighted by molar-refractivity contribution is 5.68. The van der Waals surface area contributed by atoms with Crippen LogP contribution in [0.25, 0.3) is 0 Å². The molecule has 1 fully saturated rings. The Kier molecular flexibility index (Phi) is 6.07. The molecule has 0 bridgehead atoms. The minimum absolute atomic E-state index is 0.222. The summed E-state index contributed by atoms with van der Waals surface area (Å²) in [7, 11) is 0. The summed E-state index contributed by atoms with van der Waals surface area (Å²) in [6, 6.07) is 13.6. The van der Waals surface area contributed by atoms with Crippen molar-refractivity contribution < 1.29 is 23.8 Å². The average molecular weight is 359 g/mol. The highest BCUT2D eigenvalue weighted by Gasteiger charge is 2.27. The summed E-state index contributed by atoms with van der Waals surface area (Å²) in [5, 5.41) is 12.0. The van der Waals surface area contributed by atoms with Crippen LogP contribution in [0.1, 0.15) is 17.9 Å².